The molecule has 1 N–H and O–H groups in total. The lowest BCUT2D eigenvalue weighted by Gasteiger charge is -2.32. The van der Waals surface area contributed by atoms with Crippen molar-refractivity contribution in [2.24, 2.45) is 0 Å². The topological polar surface area (TPSA) is 47.1 Å². The third kappa shape index (κ3) is 2.71. The summed E-state index contributed by atoms with van der Waals surface area (Å²) in [5, 5.41) is 4.16. The van der Waals surface area contributed by atoms with Gasteiger partial charge in [0, 0.05) is 5.46 Å². The molecule has 124 valence electrons. The molecule has 1 saturated heterocycles. The highest BCUT2D eigenvalue weighted by Crippen LogP contribution is 2.39. The normalized spacial score (nSPS) is 21.5. The maximum absolute atomic E-state index is 12.9. The lowest BCUT2D eigenvalue weighted by atomic mass is 9.76. The number of nitrogens with zero attached hydrogens (tertiary/aromatic N) is 1. The first-order chi connectivity index (χ1) is 9.67. The molecular weight excluding hydrogens is 317 g/mol. The molecule has 2 heterocycles. The van der Waals surface area contributed by atoms with Crippen LogP contribution in [0.4, 0.5) is 26.3 Å². The second kappa shape index (κ2) is 4.64. The molecule has 0 aliphatic carbocycles. The maximum atomic E-state index is 12.9. The monoisotopic (exact) mass is 330 g/mol. The Labute approximate surface area is 122 Å². The third-order valence-electron chi connectivity index (χ3n) is 3.84. The van der Waals surface area contributed by atoms with Gasteiger partial charge in [-0.1, -0.05) is 0 Å². The second-order valence-corrected chi connectivity index (χ2v) is 5.94. The van der Waals surface area contributed by atoms with Crippen LogP contribution in [0, 0.1) is 0 Å². The highest BCUT2D eigenvalue weighted by Gasteiger charge is 2.57. The largest absolute Gasteiger partial charge is 0.499 e. The van der Waals surface area contributed by atoms with Gasteiger partial charge in [-0.3, -0.25) is 5.10 Å². The number of H-pyrrole nitrogens is 1. The van der Waals surface area contributed by atoms with Crippen molar-refractivity contribution < 1.29 is 35.7 Å². The summed E-state index contributed by atoms with van der Waals surface area (Å²) < 4.78 is 88.2. The minimum atomic E-state index is -5.07. The minimum absolute atomic E-state index is 1.08. The van der Waals surface area contributed by atoms with E-state index in [0.29, 0.717) is 0 Å². The first-order valence-electron chi connectivity index (χ1n) is 6.25. The molecule has 0 unspecified atom stereocenters. The van der Waals surface area contributed by atoms with Crippen LogP contribution in [0.15, 0.2) is 0 Å². The van der Waals surface area contributed by atoms with Crippen LogP contribution in [-0.4, -0.2) is 28.5 Å². The van der Waals surface area contributed by atoms with Gasteiger partial charge in [-0.25, -0.2) is 0 Å². The molecule has 1 fully saturated rings. The van der Waals surface area contributed by atoms with E-state index in [2.05, 4.69) is 5.10 Å². The summed E-state index contributed by atoms with van der Waals surface area (Å²) in [5.41, 5.74) is -6.67. The predicted octanol–water partition coefficient (Wildman–Crippen LogP) is 2.75. The SMILES string of the molecule is CC1(C)OB(c2c(C(F)(F)F)n[nH]c2C(F)(F)F)OC1(C)C. The fourth-order valence-corrected chi connectivity index (χ4v) is 1.97. The fraction of sp³-hybridized carbons (Fsp3) is 0.727. The molecule has 2 rings (SSSR count). The molecule has 22 heavy (non-hydrogen) atoms. The molecule has 0 aromatic carbocycles. The van der Waals surface area contributed by atoms with Gasteiger partial charge in [-0.15, -0.1) is 0 Å². The summed E-state index contributed by atoms with van der Waals surface area (Å²) in [5.74, 6) is 0. The Morgan fingerprint density at radius 3 is 1.73 bits per heavy atom. The molecule has 1 aromatic rings. The van der Waals surface area contributed by atoms with E-state index < -0.39 is 47.5 Å². The number of hydrogen-bond acceptors (Lipinski definition) is 3. The van der Waals surface area contributed by atoms with Crippen molar-refractivity contribution in [2.45, 2.75) is 51.2 Å². The Kier molecular flexibility index (Phi) is 3.61. The molecule has 0 radical (unpaired) electrons. The Balaban J connectivity index is 2.57. The number of nitrogens with one attached hydrogen (secondary N) is 1. The van der Waals surface area contributed by atoms with Gasteiger partial charge in [0.15, 0.2) is 5.69 Å². The summed E-state index contributed by atoms with van der Waals surface area (Å²) in [6.07, 6.45) is -10.1. The zero-order valence-electron chi connectivity index (χ0n) is 12.1. The summed E-state index contributed by atoms with van der Waals surface area (Å²) in [6, 6.07) is 0. The van der Waals surface area contributed by atoms with E-state index in [1.165, 1.54) is 32.8 Å². The second-order valence-electron chi connectivity index (χ2n) is 5.94. The Bertz CT molecular complexity index is 531. The highest BCUT2D eigenvalue weighted by molar-refractivity contribution is 6.63. The molecule has 0 saturated carbocycles. The van der Waals surface area contributed by atoms with Gasteiger partial charge in [-0.05, 0) is 27.7 Å². The van der Waals surface area contributed by atoms with E-state index in [1.807, 2.05) is 0 Å². The van der Waals surface area contributed by atoms with Crippen LogP contribution in [0.5, 0.6) is 0 Å². The lowest BCUT2D eigenvalue weighted by molar-refractivity contribution is -0.141. The fourth-order valence-electron chi connectivity index (χ4n) is 1.97. The van der Waals surface area contributed by atoms with Crippen LogP contribution in [0.25, 0.3) is 0 Å². The molecule has 0 spiro atoms. The van der Waals surface area contributed by atoms with Crippen molar-refractivity contribution in [3.8, 4) is 0 Å². The van der Waals surface area contributed by atoms with Crippen LogP contribution in [-0.2, 0) is 21.7 Å². The summed E-state index contributed by atoms with van der Waals surface area (Å²) >= 11 is 0. The average Bonchev–Trinajstić information content (AvgIpc) is 2.76. The molecule has 0 atom stereocenters. The van der Waals surface area contributed by atoms with Gasteiger partial charge in [0.05, 0.1) is 11.2 Å². The van der Waals surface area contributed by atoms with Gasteiger partial charge in [-0.2, -0.15) is 31.4 Å². The van der Waals surface area contributed by atoms with Crippen molar-refractivity contribution >= 4 is 12.6 Å². The lowest BCUT2D eigenvalue weighted by Crippen LogP contribution is -2.41. The number of aromatic nitrogens is 2. The molecule has 1 aliphatic heterocycles. The van der Waals surface area contributed by atoms with Crippen molar-refractivity contribution in [1.29, 1.82) is 0 Å². The molecule has 11 heteroatoms. The summed E-state index contributed by atoms with van der Waals surface area (Å²) in [4.78, 5) is 0. The van der Waals surface area contributed by atoms with Crippen LogP contribution < -0.4 is 5.46 Å². The first-order valence-corrected chi connectivity index (χ1v) is 6.25. The van der Waals surface area contributed by atoms with Gasteiger partial charge in [0.2, 0.25) is 0 Å². The van der Waals surface area contributed by atoms with E-state index in [1.54, 1.807) is 0 Å². The van der Waals surface area contributed by atoms with Crippen LogP contribution in [0.3, 0.4) is 0 Å². The van der Waals surface area contributed by atoms with E-state index >= 15 is 0 Å². The zero-order chi connectivity index (χ0) is 17.1. The standard InChI is InChI=1S/C11H13BF6N2O2/c1-8(2)9(3,4)22-12(21-8)5-6(10(13,14)15)19-20-7(5)11(16,17)18/h1-4H3,(H,19,20). The van der Waals surface area contributed by atoms with Crippen LogP contribution in [0.2, 0.25) is 0 Å². The molecule has 0 amide bonds. The van der Waals surface area contributed by atoms with Crippen molar-refractivity contribution in [3.05, 3.63) is 11.4 Å². The van der Waals surface area contributed by atoms with E-state index in [-0.39, 0.29) is 0 Å². The quantitative estimate of drug-likeness (QED) is 0.636. The average molecular weight is 330 g/mol. The molecule has 1 aromatic heterocycles. The number of aromatic amines is 1. The smallest absolute Gasteiger partial charge is 0.399 e. The van der Waals surface area contributed by atoms with Gasteiger partial charge < -0.3 is 9.31 Å². The van der Waals surface area contributed by atoms with E-state index in [9.17, 15) is 26.3 Å². The number of halogens is 6. The predicted molar refractivity (Wildman–Crippen MR) is 64.3 cm³/mol. The number of alkyl halides is 6. The van der Waals surface area contributed by atoms with Gasteiger partial charge in [0.1, 0.15) is 5.69 Å². The molecule has 1 aliphatic rings. The van der Waals surface area contributed by atoms with E-state index in [0.717, 1.165) is 0 Å². The third-order valence-corrected chi connectivity index (χ3v) is 3.84. The summed E-state index contributed by atoms with van der Waals surface area (Å²) in [6.45, 7) is 6.09. The Morgan fingerprint density at radius 2 is 1.36 bits per heavy atom. The van der Waals surface area contributed by atoms with Crippen molar-refractivity contribution in [3.63, 3.8) is 0 Å². The molecular formula is C11H13BF6N2O2. The van der Waals surface area contributed by atoms with Gasteiger partial charge in [0.25, 0.3) is 0 Å². The maximum Gasteiger partial charge on any atom is 0.499 e. The van der Waals surface area contributed by atoms with Crippen LogP contribution in [0.1, 0.15) is 39.1 Å². The Morgan fingerprint density at radius 1 is 0.909 bits per heavy atom. The highest BCUT2D eigenvalue weighted by atomic mass is 19.4. The zero-order valence-corrected chi connectivity index (χ0v) is 12.1. The molecule has 0 bridgehead atoms. The van der Waals surface area contributed by atoms with Crippen LogP contribution >= 0.6 is 0 Å². The van der Waals surface area contributed by atoms with E-state index in [4.69, 9.17) is 9.31 Å². The summed E-state index contributed by atoms with van der Waals surface area (Å²) in [7, 11) is -1.82. The minimum Gasteiger partial charge on any atom is -0.399 e. The number of rotatable bonds is 1. The van der Waals surface area contributed by atoms with Crippen molar-refractivity contribution in [2.75, 3.05) is 0 Å². The Hall–Kier alpha value is -1.23. The first kappa shape index (κ1) is 17.1. The van der Waals surface area contributed by atoms with Crippen molar-refractivity contribution in [1.82, 2.24) is 10.2 Å². The molecule has 4 nitrogen and oxygen atoms in total. The van der Waals surface area contributed by atoms with Gasteiger partial charge >= 0.3 is 19.5 Å². The number of hydrogen-bond donors (Lipinski definition) is 1.